The third-order valence-electron chi connectivity index (χ3n) is 4.36. The Hall–Kier alpha value is -0.570. The van der Waals surface area contributed by atoms with Crippen LogP contribution in [0.25, 0.3) is 0 Å². The van der Waals surface area contributed by atoms with Crippen LogP contribution in [0.1, 0.15) is 53.4 Å². The summed E-state index contributed by atoms with van der Waals surface area (Å²) in [5.41, 5.74) is 5.93. The summed E-state index contributed by atoms with van der Waals surface area (Å²) in [5, 5.41) is 0. The van der Waals surface area contributed by atoms with Crippen molar-refractivity contribution < 1.29 is 4.79 Å². The Bertz CT molecular complexity index is 260. The fraction of sp³-hybridized carbons (Fsp3) is 0.933. The van der Waals surface area contributed by atoms with Crippen LogP contribution in [0.4, 0.5) is 0 Å². The minimum Gasteiger partial charge on any atom is -0.343 e. The zero-order chi connectivity index (χ0) is 13.9. The number of carbonyl (C=O) groups is 1. The Morgan fingerprint density at radius 2 is 1.50 bits per heavy atom. The number of carbonyl (C=O) groups excluding carboxylic acids is 1. The zero-order valence-corrected chi connectivity index (χ0v) is 12.6. The van der Waals surface area contributed by atoms with Gasteiger partial charge in [0.1, 0.15) is 0 Å². The van der Waals surface area contributed by atoms with Gasteiger partial charge in [-0.1, -0.05) is 27.7 Å². The summed E-state index contributed by atoms with van der Waals surface area (Å²) in [5.74, 6) is 1.28. The first kappa shape index (κ1) is 15.5. The van der Waals surface area contributed by atoms with Gasteiger partial charge in [0.2, 0.25) is 5.91 Å². The van der Waals surface area contributed by atoms with Crippen LogP contribution < -0.4 is 5.73 Å². The molecule has 0 aromatic heterocycles. The SMILES string of the molecule is CC(C)C(C(=O)N(C)C1CCC(N)CC1)C(C)C. The van der Waals surface area contributed by atoms with Gasteiger partial charge in [-0.15, -0.1) is 0 Å². The van der Waals surface area contributed by atoms with Crippen molar-refractivity contribution in [3.63, 3.8) is 0 Å². The summed E-state index contributed by atoms with van der Waals surface area (Å²) in [6.45, 7) is 8.58. The largest absolute Gasteiger partial charge is 0.343 e. The van der Waals surface area contributed by atoms with Gasteiger partial charge in [0.15, 0.2) is 0 Å². The van der Waals surface area contributed by atoms with E-state index >= 15 is 0 Å². The minimum atomic E-state index is 0.144. The Balaban J connectivity index is 2.64. The standard InChI is InChI=1S/C15H30N2O/c1-10(2)14(11(3)4)15(18)17(5)13-8-6-12(16)7-9-13/h10-14H,6-9,16H2,1-5H3. The predicted molar refractivity (Wildman–Crippen MR) is 76.2 cm³/mol. The van der Waals surface area contributed by atoms with Crippen LogP contribution in [0.3, 0.4) is 0 Å². The Kier molecular flexibility index (Phi) is 5.64. The highest BCUT2D eigenvalue weighted by Crippen LogP contribution is 2.27. The average molecular weight is 254 g/mol. The van der Waals surface area contributed by atoms with Crippen LogP contribution in [-0.4, -0.2) is 29.9 Å². The van der Waals surface area contributed by atoms with Crippen molar-refractivity contribution in [2.75, 3.05) is 7.05 Å². The molecule has 0 aliphatic heterocycles. The smallest absolute Gasteiger partial charge is 0.226 e. The molecule has 1 aliphatic carbocycles. The lowest BCUT2D eigenvalue weighted by Crippen LogP contribution is -2.46. The van der Waals surface area contributed by atoms with Gasteiger partial charge in [-0.05, 0) is 37.5 Å². The van der Waals surface area contributed by atoms with Crippen molar-refractivity contribution in [3.05, 3.63) is 0 Å². The molecule has 0 spiro atoms. The first-order valence-corrected chi connectivity index (χ1v) is 7.36. The molecule has 0 radical (unpaired) electrons. The van der Waals surface area contributed by atoms with Gasteiger partial charge in [0, 0.05) is 25.0 Å². The van der Waals surface area contributed by atoms with Crippen molar-refractivity contribution in [1.29, 1.82) is 0 Å². The van der Waals surface area contributed by atoms with E-state index in [9.17, 15) is 4.79 Å². The van der Waals surface area contributed by atoms with Crippen LogP contribution in [0, 0.1) is 17.8 Å². The first-order chi connectivity index (χ1) is 8.34. The molecule has 0 bridgehead atoms. The first-order valence-electron chi connectivity index (χ1n) is 7.36. The topological polar surface area (TPSA) is 46.3 Å². The molecule has 0 heterocycles. The Labute approximate surface area is 112 Å². The molecule has 0 aromatic carbocycles. The third-order valence-corrected chi connectivity index (χ3v) is 4.36. The molecule has 1 aliphatic rings. The van der Waals surface area contributed by atoms with Gasteiger partial charge >= 0.3 is 0 Å². The van der Waals surface area contributed by atoms with Crippen LogP contribution in [0.2, 0.25) is 0 Å². The molecule has 18 heavy (non-hydrogen) atoms. The van der Waals surface area contributed by atoms with E-state index in [0.29, 0.717) is 29.8 Å². The van der Waals surface area contributed by atoms with E-state index in [4.69, 9.17) is 5.73 Å². The van der Waals surface area contributed by atoms with Gasteiger partial charge in [0.05, 0.1) is 0 Å². The molecule has 1 fully saturated rings. The van der Waals surface area contributed by atoms with Gasteiger partial charge in [-0.3, -0.25) is 4.79 Å². The maximum atomic E-state index is 12.6. The maximum Gasteiger partial charge on any atom is 0.226 e. The minimum absolute atomic E-state index is 0.144. The van der Waals surface area contributed by atoms with E-state index in [1.54, 1.807) is 0 Å². The zero-order valence-electron chi connectivity index (χ0n) is 12.6. The molecule has 2 N–H and O–H groups in total. The van der Waals surface area contributed by atoms with E-state index in [0.717, 1.165) is 25.7 Å². The van der Waals surface area contributed by atoms with Crippen LogP contribution in [0.15, 0.2) is 0 Å². The number of hydrogen-bond acceptors (Lipinski definition) is 2. The molecule has 1 amide bonds. The Morgan fingerprint density at radius 3 is 1.89 bits per heavy atom. The molecule has 0 aromatic rings. The maximum absolute atomic E-state index is 12.6. The lowest BCUT2D eigenvalue weighted by Gasteiger charge is -2.37. The second-order valence-corrected chi connectivity index (χ2v) is 6.53. The quantitative estimate of drug-likeness (QED) is 0.838. The van der Waals surface area contributed by atoms with Crippen LogP contribution in [0.5, 0.6) is 0 Å². The molecule has 1 saturated carbocycles. The summed E-state index contributed by atoms with van der Waals surface area (Å²) < 4.78 is 0. The highest BCUT2D eigenvalue weighted by Gasteiger charge is 2.32. The van der Waals surface area contributed by atoms with Crippen molar-refractivity contribution >= 4 is 5.91 Å². The van der Waals surface area contributed by atoms with Crippen LogP contribution >= 0.6 is 0 Å². The Morgan fingerprint density at radius 1 is 1.06 bits per heavy atom. The van der Waals surface area contributed by atoms with Gasteiger partial charge in [-0.2, -0.15) is 0 Å². The molecule has 3 nitrogen and oxygen atoms in total. The van der Waals surface area contributed by atoms with E-state index in [-0.39, 0.29) is 5.92 Å². The molecule has 1 rings (SSSR count). The summed E-state index contributed by atoms with van der Waals surface area (Å²) in [6, 6.07) is 0.744. The lowest BCUT2D eigenvalue weighted by molar-refractivity contribution is -0.140. The fourth-order valence-electron chi connectivity index (χ4n) is 3.24. The van der Waals surface area contributed by atoms with Gasteiger partial charge < -0.3 is 10.6 Å². The van der Waals surface area contributed by atoms with Crippen LogP contribution in [-0.2, 0) is 4.79 Å². The summed E-state index contributed by atoms with van der Waals surface area (Å²) >= 11 is 0. The molecule has 0 unspecified atom stereocenters. The van der Waals surface area contributed by atoms with E-state index in [1.807, 2.05) is 11.9 Å². The highest BCUT2D eigenvalue weighted by molar-refractivity contribution is 5.79. The normalized spacial score (nSPS) is 24.9. The molecule has 3 heteroatoms. The molecule has 106 valence electrons. The number of hydrogen-bond donors (Lipinski definition) is 1. The van der Waals surface area contributed by atoms with Crippen molar-refractivity contribution in [2.45, 2.75) is 65.5 Å². The highest BCUT2D eigenvalue weighted by atomic mass is 16.2. The summed E-state index contributed by atoms with van der Waals surface area (Å²) in [7, 11) is 1.97. The summed E-state index contributed by atoms with van der Waals surface area (Å²) in [4.78, 5) is 14.6. The van der Waals surface area contributed by atoms with E-state index < -0.39 is 0 Å². The number of rotatable bonds is 4. The predicted octanol–water partition coefficient (Wildman–Crippen LogP) is 2.64. The molecule has 0 atom stereocenters. The second-order valence-electron chi connectivity index (χ2n) is 6.53. The molecular weight excluding hydrogens is 224 g/mol. The van der Waals surface area contributed by atoms with Crippen molar-refractivity contribution in [2.24, 2.45) is 23.5 Å². The second kappa shape index (κ2) is 6.55. The summed E-state index contributed by atoms with van der Waals surface area (Å²) in [6.07, 6.45) is 4.23. The number of amides is 1. The van der Waals surface area contributed by atoms with Gasteiger partial charge in [-0.25, -0.2) is 0 Å². The van der Waals surface area contributed by atoms with E-state index in [1.165, 1.54) is 0 Å². The lowest BCUT2D eigenvalue weighted by atomic mass is 9.83. The molecular formula is C15H30N2O. The van der Waals surface area contributed by atoms with Crippen molar-refractivity contribution in [3.8, 4) is 0 Å². The number of nitrogens with two attached hydrogens (primary N) is 1. The molecule has 0 saturated heterocycles. The monoisotopic (exact) mass is 254 g/mol. The van der Waals surface area contributed by atoms with Gasteiger partial charge in [0.25, 0.3) is 0 Å². The van der Waals surface area contributed by atoms with E-state index in [2.05, 4.69) is 27.7 Å². The average Bonchev–Trinajstić information content (AvgIpc) is 2.28. The third kappa shape index (κ3) is 3.71. The number of nitrogens with zero attached hydrogens (tertiary/aromatic N) is 1. The van der Waals surface area contributed by atoms with Crippen molar-refractivity contribution in [1.82, 2.24) is 4.90 Å². The fourth-order valence-corrected chi connectivity index (χ4v) is 3.24.